The Morgan fingerprint density at radius 1 is 1.45 bits per heavy atom. The summed E-state index contributed by atoms with van der Waals surface area (Å²) < 4.78 is 1.01. The number of piperidine rings is 1. The maximum atomic E-state index is 12.4. The van der Waals surface area contributed by atoms with E-state index in [1.54, 1.807) is 6.20 Å². The van der Waals surface area contributed by atoms with Crippen molar-refractivity contribution in [3.05, 3.63) is 28.9 Å². The molecular formula is C17H17N3OS. The van der Waals surface area contributed by atoms with Crippen molar-refractivity contribution < 1.29 is 4.79 Å². The normalized spacial score (nSPS) is 26.8. The summed E-state index contributed by atoms with van der Waals surface area (Å²) in [5.41, 5.74) is 0.478. The van der Waals surface area contributed by atoms with E-state index in [1.807, 2.05) is 12.1 Å². The molecule has 4 rings (SSSR count). The minimum Gasteiger partial charge on any atom is -0.347 e. The quantitative estimate of drug-likeness (QED) is 0.864. The third-order valence-corrected chi connectivity index (χ3v) is 5.61. The number of hydrogen-bond acceptors (Lipinski definition) is 4. The zero-order chi connectivity index (χ0) is 15.1. The molecule has 22 heavy (non-hydrogen) atoms. The summed E-state index contributed by atoms with van der Waals surface area (Å²) in [5, 5.41) is 4.14. The van der Waals surface area contributed by atoms with E-state index in [1.165, 1.54) is 30.8 Å². The summed E-state index contributed by atoms with van der Waals surface area (Å²) in [5.74, 6) is 3.29. The summed E-state index contributed by atoms with van der Waals surface area (Å²) in [6.45, 7) is 3.33. The lowest BCUT2D eigenvalue weighted by molar-refractivity contribution is 0.0904. The van der Waals surface area contributed by atoms with Gasteiger partial charge in [-0.15, -0.1) is 17.8 Å². The average Bonchev–Trinajstić information content (AvgIpc) is 3.09. The highest BCUT2D eigenvalue weighted by atomic mass is 32.1. The molecular weight excluding hydrogens is 294 g/mol. The molecule has 0 spiro atoms. The number of hydrogen-bond donors (Lipinski definition) is 1. The van der Waals surface area contributed by atoms with E-state index in [-0.39, 0.29) is 11.9 Å². The second-order valence-electron chi connectivity index (χ2n) is 6.18. The zero-order valence-electron chi connectivity index (χ0n) is 12.2. The van der Waals surface area contributed by atoms with Crippen molar-refractivity contribution in [3.63, 3.8) is 0 Å². The Bertz CT molecular complexity index is 764. The molecule has 2 aliphatic heterocycles. The van der Waals surface area contributed by atoms with Gasteiger partial charge >= 0.3 is 0 Å². The second-order valence-corrected chi connectivity index (χ2v) is 7.27. The third kappa shape index (κ3) is 2.49. The van der Waals surface area contributed by atoms with Crippen molar-refractivity contribution in [1.82, 2.24) is 15.2 Å². The number of pyridine rings is 1. The fourth-order valence-corrected chi connectivity index (χ4v) is 4.43. The van der Waals surface area contributed by atoms with E-state index < -0.39 is 0 Å². The van der Waals surface area contributed by atoms with E-state index in [9.17, 15) is 4.79 Å². The van der Waals surface area contributed by atoms with E-state index in [0.29, 0.717) is 5.69 Å². The number of nitrogens with zero attached hydrogens (tertiary/aromatic N) is 2. The molecule has 1 N–H and O–H groups in total. The first-order chi connectivity index (χ1) is 10.7. The fraction of sp³-hybridized carbons (Fsp3) is 0.412. The number of carbonyl (C=O) groups excluding carboxylic acids is 1. The van der Waals surface area contributed by atoms with Crippen LogP contribution in [-0.2, 0) is 0 Å². The van der Waals surface area contributed by atoms with Crippen LogP contribution in [0.2, 0.25) is 0 Å². The number of amides is 1. The van der Waals surface area contributed by atoms with Crippen molar-refractivity contribution >= 4 is 27.3 Å². The van der Waals surface area contributed by atoms with Gasteiger partial charge in [-0.25, -0.2) is 0 Å². The summed E-state index contributed by atoms with van der Waals surface area (Å²) in [6.07, 6.45) is 9.51. The first-order valence-corrected chi connectivity index (χ1v) is 8.42. The summed E-state index contributed by atoms with van der Waals surface area (Å²) in [6, 6.07) is 4.02. The smallest absolute Gasteiger partial charge is 0.270 e. The van der Waals surface area contributed by atoms with Gasteiger partial charge in [-0.1, -0.05) is 5.92 Å². The van der Waals surface area contributed by atoms with Gasteiger partial charge in [0.15, 0.2) is 0 Å². The second kappa shape index (κ2) is 5.38. The molecule has 0 aromatic carbocycles. The van der Waals surface area contributed by atoms with Crippen molar-refractivity contribution in [1.29, 1.82) is 0 Å². The van der Waals surface area contributed by atoms with Gasteiger partial charge in [0, 0.05) is 35.4 Å². The Morgan fingerprint density at radius 3 is 3.18 bits per heavy atom. The molecule has 4 heterocycles. The maximum absolute atomic E-state index is 12.4. The Balaban J connectivity index is 1.51. The summed E-state index contributed by atoms with van der Waals surface area (Å²) >= 11 is 1.52. The molecule has 2 saturated heterocycles. The molecule has 3 atom stereocenters. The van der Waals surface area contributed by atoms with Gasteiger partial charge in [0.05, 0.1) is 4.88 Å². The molecule has 1 amide bonds. The molecule has 2 aromatic rings. The van der Waals surface area contributed by atoms with E-state index in [2.05, 4.69) is 21.1 Å². The number of nitrogens with one attached hydrogen (secondary N) is 1. The number of terminal acetylenes is 1. The number of carbonyl (C=O) groups is 1. The molecule has 0 saturated carbocycles. The van der Waals surface area contributed by atoms with Crippen molar-refractivity contribution in [3.8, 4) is 12.3 Å². The Morgan fingerprint density at radius 2 is 2.36 bits per heavy atom. The highest BCUT2D eigenvalue weighted by molar-refractivity contribution is 7.19. The summed E-state index contributed by atoms with van der Waals surface area (Å²) in [4.78, 5) is 20.0. The molecule has 5 heteroatoms. The monoisotopic (exact) mass is 311 g/mol. The topological polar surface area (TPSA) is 45.2 Å². The Kier molecular flexibility index (Phi) is 3.36. The van der Waals surface area contributed by atoms with Crippen LogP contribution in [0.1, 0.15) is 28.2 Å². The van der Waals surface area contributed by atoms with E-state index in [0.717, 1.165) is 33.8 Å². The van der Waals surface area contributed by atoms with Gasteiger partial charge < -0.3 is 10.2 Å². The van der Waals surface area contributed by atoms with E-state index in [4.69, 9.17) is 6.42 Å². The average molecular weight is 311 g/mol. The van der Waals surface area contributed by atoms with Crippen molar-refractivity contribution in [2.75, 3.05) is 19.6 Å². The Hall–Kier alpha value is -1.90. The van der Waals surface area contributed by atoms with Crippen LogP contribution in [0.15, 0.2) is 18.3 Å². The van der Waals surface area contributed by atoms with Crippen LogP contribution in [0.25, 0.3) is 10.1 Å². The van der Waals surface area contributed by atoms with Gasteiger partial charge in [-0.2, -0.15) is 0 Å². The maximum Gasteiger partial charge on any atom is 0.270 e. The summed E-state index contributed by atoms with van der Waals surface area (Å²) in [7, 11) is 0. The molecule has 2 fully saturated rings. The molecule has 1 unspecified atom stereocenters. The molecule has 0 aliphatic carbocycles. The van der Waals surface area contributed by atoms with Gasteiger partial charge in [0.2, 0.25) is 0 Å². The highest BCUT2D eigenvalue weighted by Gasteiger charge is 2.33. The number of thiophene rings is 1. The van der Waals surface area contributed by atoms with Gasteiger partial charge in [0.25, 0.3) is 5.91 Å². The lowest BCUT2D eigenvalue weighted by Gasteiger charge is -2.30. The predicted octanol–water partition coefficient (Wildman–Crippen LogP) is 2.10. The molecule has 2 bridgehead atoms. The largest absolute Gasteiger partial charge is 0.347 e. The van der Waals surface area contributed by atoms with Crippen LogP contribution in [0.3, 0.4) is 0 Å². The number of fused-ring (bicyclic) bond motifs is 3. The lowest BCUT2D eigenvalue weighted by atomic mass is 9.97. The molecule has 2 aromatic heterocycles. The molecule has 4 nitrogen and oxygen atoms in total. The van der Waals surface area contributed by atoms with Crippen LogP contribution in [0.4, 0.5) is 0 Å². The van der Waals surface area contributed by atoms with Gasteiger partial charge in [-0.3, -0.25) is 9.78 Å². The van der Waals surface area contributed by atoms with Crippen LogP contribution in [0.5, 0.6) is 0 Å². The van der Waals surface area contributed by atoms with Crippen LogP contribution in [-0.4, -0.2) is 41.5 Å². The standard InChI is InChI=1S/C17H17N3OS/c1-2-14-6-12-8-18-15(7-16(12)22-14)17(21)19-13-5-11-3-4-20(9-11)10-13/h1,6-8,11,13H,3-5,9-10H2,(H,19,21)/t11-,13+/m0/s1. The van der Waals surface area contributed by atoms with Crippen molar-refractivity contribution in [2.45, 2.75) is 18.9 Å². The third-order valence-electron chi connectivity index (χ3n) is 4.58. The van der Waals surface area contributed by atoms with Crippen LogP contribution >= 0.6 is 11.3 Å². The van der Waals surface area contributed by atoms with Gasteiger partial charge in [-0.05, 0) is 37.4 Å². The highest BCUT2D eigenvalue weighted by Crippen LogP contribution is 2.27. The SMILES string of the molecule is C#Cc1cc2cnc(C(=O)N[C@@H]3C[C@@H]4CCN(C4)C3)cc2s1. The molecule has 112 valence electrons. The minimum absolute atomic E-state index is 0.0787. The number of aromatic nitrogens is 1. The number of rotatable bonds is 2. The van der Waals surface area contributed by atoms with Crippen molar-refractivity contribution in [2.24, 2.45) is 5.92 Å². The molecule has 2 aliphatic rings. The van der Waals surface area contributed by atoms with Crippen LogP contribution < -0.4 is 5.32 Å². The lowest BCUT2D eigenvalue weighted by Crippen LogP contribution is -2.47. The zero-order valence-corrected chi connectivity index (χ0v) is 13.0. The Labute approximate surface area is 133 Å². The van der Waals surface area contributed by atoms with Gasteiger partial charge in [0.1, 0.15) is 5.69 Å². The fourth-order valence-electron chi connectivity index (χ4n) is 3.55. The minimum atomic E-state index is -0.0787. The predicted molar refractivity (Wildman–Crippen MR) is 88.0 cm³/mol. The molecule has 0 radical (unpaired) electrons. The first-order valence-electron chi connectivity index (χ1n) is 7.60. The van der Waals surface area contributed by atoms with Crippen LogP contribution in [0, 0.1) is 18.3 Å². The first kappa shape index (κ1) is 13.7. The van der Waals surface area contributed by atoms with E-state index >= 15 is 0 Å².